The van der Waals surface area contributed by atoms with Crippen LogP contribution in [0.2, 0.25) is 0 Å². The zero-order valence-corrected chi connectivity index (χ0v) is 12.4. The minimum Gasteiger partial charge on any atom is -0.250 e. The fourth-order valence-electron chi connectivity index (χ4n) is 1.69. The summed E-state index contributed by atoms with van der Waals surface area (Å²) >= 11 is 1.52. The molecule has 104 valence electrons. The molecule has 0 spiro atoms. The molecule has 7 nitrogen and oxygen atoms in total. The first-order valence-corrected chi connectivity index (χ1v) is 8.11. The van der Waals surface area contributed by atoms with Crippen molar-refractivity contribution in [3.63, 3.8) is 0 Å². The molecular formula is C10H15N5O2S2. The Balaban J connectivity index is 2.15. The highest BCUT2D eigenvalue weighted by atomic mass is 32.2. The van der Waals surface area contributed by atoms with Gasteiger partial charge in [-0.1, -0.05) is 12.1 Å². The Morgan fingerprint density at radius 3 is 2.79 bits per heavy atom. The van der Waals surface area contributed by atoms with Gasteiger partial charge in [-0.25, -0.2) is 18.1 Å². The molecule has 0 amide bonds. The topological polar surface area (TPSA) is 81.0 Å². The molecule has 0 aliphatic rings. The van der Waals surface area contributed by atoms with E-state index in [1.165, 1.54) is 26.5 Å². The second kappa shape index (κ2) is 5.76. The maximum atomic E-state index is 12.4. The van der Waals surface area contributed by atoms with Gasteiger partial charge in [0.25, 0.3) is 10.0 Å². The molecule has 2 rings (SSSR count). The SMILES string of the molecule is CCN(CCc1nccs1)S(=O)(=O)c1cnnn1C. The fraction of sp³-hybridized carbons (Fsp3) is 0.500. The average molecular weight is 301 g/mol. The summed E-state index contributed by atoms with van der Waals surface area (Å²) in [4.78, 5) is 4.15. The highest BCUT2D eigenvalue weighted by Crippen LogP contribution is 2.14. The van der Waals surface area contributed by atoms with Crippen molar-refractivity contribution >= 4 is 21.4 Å². The lowest BCUT2D eigenvalue weighted by molar-refractivity contribution is 0.424. The molecule has 0 bridgehead atoms. The molecule has 0 radical (unpaired) electrons. The largest absolute Gasteiger partial charge is 0.261 e. The third kappa shape index (κ3) is 2.99. The van der Waals surface area contributed by atoms with E-state index in [1.54, 1.807) is 13.2 Å². The van der Waals surface area contributed by atoms with E-state index in [0.717, 1.165) is 5.01 Å². The van der Waals surface area contributed by atoms with Crippen LogP contribution in [-0.4, -0.2) is 45.8 Å². The van der Waals surface area contributed by atoms with Crippen molar-refractivity contribution < 1.29 is 8.42 Å². The molecule has 0 aliphatic carbocycles. The van der Waals surface area contributed by atoms with Crippen molar-refractivity contribution in [3.8, 4) is 0 Å². The van der Waals surface area contributed by atoms with Gasteiger partial charge < -0.3 is 0 Å². The van der Waals surface area contributed by atoms with Gasteiger partial charge in [-0.05, 0) is 0 Å². The van der Waals surface area contributed by atoms with Crippen molar-refractivity contribution in [3.05, 3.63) is 22.8 Å². The molecule has 19 heavy (non-hydrogen) atoms. The summed E-state index contributed by atoms with van der Waals surface area (Å²) in [6.07, 6.45) is 3.59. The van der Waals surface area contributed by atoms with E-state index >= 15 is 0 Å². The van der Waals surface area contributed by atoms with Gasteiger partial charge >= 0.3 is 0 Å². The van der Waals surface area contributed by atoms with Gasteiger partial charge in [-0.3, -0.25) is 0 Å². The molecule has 0 atom stereocenters. The van der Waals surface area contributed by atoms with Crippen LogP contribution < -0.4 is 0 Å². The van der Waals surface area contributed by atoms with Crippen LogP contribution in [0.25, 0.3) is 0 Å². The second-order valence-electron chi connectivity index (χ2n) is 3.87. The van der Waals surface area contributed by atoms with Crippen LogP contribution in [0, 0.1) is 0 Å². The Kier molecular flexibility index (Phi) is 4.27. The van der Waals surface area contributed by atoms with Crippen molar-refractivity contribution in [1.82, 2.24) is 24.3 Å². The van der Waals surface area contributed by atoms with Gasteiger partial charge in [0, 0.05) is 38.1 Å². The van der Waals surface area contributed by atoms with Crippen LogP contribution in [0.15, 0.2) is 22.8 Å². The van der Waals surface area contributed by atoms with E-state index < -0.39 is 10.0 Å². The van der Waals surface area contributed by atoms with Crippen LogP contribution in [0.3, 0.4) is 0 Å². The van der Waals surface area contributed by atoms with Crippen molar-refractivity contribution in [2.24, 2.45) is 7.05 Å². The molecule has 0 N–H and O–H groups in total. The maximum Gasteiger partial charge on any atom is 0.261 e. The molecule has 0 saturated heterocycles. The minimum absolute atomic E-state index is 0.105. The number of aromatic nitrogens is 4. The Hall–Kier alpha value is -1.32. The van der Waals surface area contributed by atoms with Crippen LogP contribution in [-0.2, 0) is 23.5 Å². The number of hydrogen-bond acceptors (Lipinski definition) is 6. The van der Waals surface area contributed by atoms with E-state index in [2.05, 4.69) is 15.3 Å². The monoisotopic (exact) mass is 301 g/mol. The second-order valence-corrected chi connectivity index (χ2v) is 6.73. The van der Waals surface area contributed by atoms with E-state index in [9.17, 15) is 8.42 Å². The standard InChI is InChI=1S/C10H15N5O2S2/c1-3-15(6-4-9-11-5-7-18-9)19(16,17)10-8-12-13-14(10)2/h5,7-8H,3-4,6H2,1-2H3. The first kappa shape index (κ1) is 14.1. The number of sulfonamides is 1. The highest BCUT2D eigenvalue weighted by molar-refractivity contribution is 7.89. The third-order valence-corrected chi connectivity index (χ3v) is 5.55. The minimum atomic E-state index is -3.54. The third-order valence-electron chi connectivity index (χ3n) is 2.69. The zero-order chi connectivity index (χ0) is 13.9. The van der Waals surface area contributed by atoms with Gasteiger partial charge in [0.2, 0.25) is 0 Å². The molecule has 2 aromatic rings. The summed E-state index contributed by atoms with van der Waals surface area (Å²) in [6, 6.07) is 0. The van der Waals surface area contributed by atoms with Gasteiger partial charge in [-0.15, -0.1) is 16.4 Å². The van der Waals surface area contributed by atoms with Gasteiger partial charge in [-0.2, -0.15) is 4.31 Å². The summed E-state index contributed by atoms with van der Waals surface area (Å²) in [5.74, 6) is 0. The molecule has 2 heterocycles. The van der Waals surface area contributed by atoms with Crippen LogP contribution >= 0.6 is 11.3 Å². The summed E-state index contributed by atoms with van der Waals surface area (Å²) in [5.41, 5.74) is 0. The predicted octanol–water partition coefficient (Wildman–Crippen LogP) is 0.525. The lowest BCUT2D eigenvalue weighted by Gasteiger charge is -2.19. The van der Waals surface area contributed by atoms with Gasteiger partial charge in [0.15, 0.2) is 5.03 Å². The van der Waals surface area contributed by atoms with Crippen molar-refractivity contribution in [2.45, 2.75) is 18.4 Å². The smallest absolute Gasteiger partial charge is 0.250 e. The molecule has 9 heteroatoms. The first-order chi connectivity index (χ1) is 9.05. The maximum absolute atomic E-state index is 12.4. The van der Waals surface area contributed by atoms with Crippen LogP contribution in [0.4, 0.5) is 0 Å². The molecule has 0 unspecified atom stereocenters. The Morgan fingerprint density at radius 2 is 2.26 bits per heavy atom. The number of likely N-dealkylation sites (N-methyl/N-ethyl adjacent to an activating group) is 1. The van der Waals surface area contributed by atoms with Crippen LogP contribution in [0.5, 0.6) is 0 Å². The molecule has 0 saturated carbocycles. The molecular weight excluding hydrogens is 286 g/mol. The average Bonchev–Trinajstić information content (AvgIpc) is 3.00. The summed E-state index contributed by atoms with van der Waals surface area (Å²) in [5, 5.41) is 10.2. The quantitative estimate of drug-likeness (QED) is 0.777. The van der Waals surface area contributed by atoms with Crippen molar-refractivity contribution in [1.29, 1.82) is 0 Å². The van der Waals surface area contributed by atoms with Gasteiger partial charge in [0.1, 0.15) is 0 Å². The Bertz CT molecular complexity index is 620. The molecule has 2 aromatic heterocycles. The summed E-state index contributed by atoms with van der Waals surface area (Å²) in [7, 11) is -1.98. The lowest BCUT2D eigenvalue weighted by atomic mass is 10.4. The summed E-state index contributed by atoms with van der Waals surface area (Å²) in [6.45, 7) is 2.61. The van der Waals surface area contributed by atoms with E-state index in [1.807, 2.05) is 12.3 Å². The summed E-state index contributed by atoms with van der Waals surface area (Å²) < 4.78 is 27.5. The molecule has 0 aliphatic heterocycles. The predicted molar refractivity (Wildman–Crippen MR) is 71.3 cm³/mol. The lowest BCUT2D eigenvalue weighted by Crippen LogP contribution is -2.34. The van der Waals surface area contributed by atoms with E-state index in [0.29, 0.717) is 19.5 Å². The highest BCUT2D eigenvalue weighted by Gasteiger charge is 2.26. The zero-order valence-electron chi connectivity index (χ0n) is 10.7. The Morgan fingerprint density at radius 1 is 1.47 bits per heavy atom. The van der Waals surface area contributed by atoms with Crippen LogP contribution in [0.1, 0.15) is 11.9 Å². The van der Waals surface area contributed by atoms with E-state index in [4.69, 9.17) is 0 Å². The van der Waals surface area contributed by atoms with Gasteiger partial charge in [0.05, 0.1) is 11.2 Å². The first-order valence-electron chi connectivity index (χ1n) is 5.79. The number of thiazole rings is 1. The number of rotatable bonds is 6. The number of hydrogen-bond donors (Lipinski definition) is 0. The molecule has 0 aromatic carbocycles. The van der Waals surface area contributed by atoms with Crippen molar-refractivity contribution in [2.75, 3.05) is 13.1 Å². The normalized spacial score (nSPS) is 12.2. The Labute approximate surface area is 115 Å². The van der Waals surface area contributed by atoms with E-state index in [-0.39, 0.29) is 5.03 Å². The molecule has 0 fully saturated rings. The fourth-order valence-corrected chi connectivity index (χ4v) is 3.79. The number of nitrogens with zero attached hydrogens (tertiary/aromatic N) is 5. The number of aryl methyl sites for hydroxylation is 1.